The zero-order valence-corrected chi connectivity index (χ0v) is 28.7. The first-order valence-electron chi connectivity index (χ1n) is 16.1. The van der Waals surface area contributed by atoms with Crippen LogP contribution in [0.4, 0.5) is 0 Å². The summed E-state index contributed by atoms with van der Waals surface area (Å²) in [4.78, 5) is 14.9. The predicted molar refractivity (Wildman–Crippen MR) is 195 cm³/mol. The molecule has 0 N–H and O–H groups in total. The Labute approximate surface area is 301 Å². The molecule has 7 heteroatoms. The summed E-state index contributed by atoms with van der Waals surface area (Å²) in [7, 11) is 0. The van der Waals surface area contributed by atoms with E-state index in [2.05, 4.69) is 93.9 Å². The summed E-state index contributed by atoms with van der Waals surface area (Å²) in [5.74, 6) is 1.13. The van der Waals surface area contributed by atoms with Gasteiger partial charge in [-0.1, -0.05) is 107 Å². The predicted octanol–water partition coefficient (Wildman–Crippen LogP) is 10.3. The Morgan fingerprint density at radius 1 is 0.520 bits per heavy atom. The maximum atomic E-state index is 6.51. The van der Waals surface area contributed by atoms with Crippen LogP contribution in [0.2, 0.25) is 0 Å². The number of hydrogen-bond acceptors (Lipinski definition) is 4. The van der Waals surface area contributed by atoms with Gasteiger partial charge < -0.3 is 13.7 Å². The molecule has 0 aliphatic heterocycles. The Hall–Kier alpha value is -6.10. The number of imidazole rings is 1. The molecule has 0 fully saturated rings. The van der Waals surface area contributed by atoms with Crippen LogP contribution in [0.5, 0.6) is 11.5 Å². The Bertz CT molecular complexity index is 2810. The number of aromatic nitrogens is 5. The Morgan fingerprint density at radius 3 is 2.08 bits per heavy atom. The van der Waals surface area contributed by atoms with Crippen molar-refractivity contribution in [3.8, 4) is 39.7 Å². The van der Waals surface area contributed by atoms with Crippen LogP contribution in [0, 0.1) is 12.1 Å². The van der Waals surface area contributed by atoms with Crippen molar-refractivity contribution in [3.05, 3.63) is 164 Å². The van der Waals surface area contributed by atoms with E-state index in [1.54, 1.807) is 0 Å². The first-order chi connectivity index (χ1) is 24.3. The third kappa shape index (κ3) is 4.72. The molecule has 10 aromatic rings. The van der Waals surface area contributed by atoms with Crippen LogP contribution in [0.25, 0.3) is 77.6 Å². The van der Waals surface area contributed by atoms with E-state index in [4.69, 9.17) is 19.7 Å². The topological polar surface area (TPSA) is 57.2 Å². The number of pyridine rings is 3. The summed E-state index contributed by atoms with van der Waals surface area (Å²) in [6.45, 7) is 0. The summed E-state index contributed by atoms with van der Waals surface area (Å²) in [6.07, 6.45) is 3.66. The minimum absolute atomic E-state index is 0. The summed E-state index contributed by atoms with van der Waals surface area (Å²) in [5.41, 5.74) is 9.40. The molecule has 0 saturated heterocycles. The van der Waals surface area contributed by atoms with Gasteiger partial charge in [0.15, 0.2) is 0 Å². The van der Waals surface area contributed by atoms with Gasteiger partial charge in [0, 0.05) is 40.2 Å². The third-order valence-corrected chi connectivity index (χ3v) is 9.04. The van der Waals surface area contributed by atoms with Crippen LogP contribution in [-0.2, 0) is 21.1 Å². The molecular weight excluding hydrogens is 798 g/mol. The smallest absolute Gasteiger partial charge is 0.503 e. The van der Waals surface area contributed by atoms with Crippen molar-refractivity contribution in [1.29, 1.82) is 0 Å². The molecule has 0 spiro atoms. The van der Waals surface area contributed by atoms with Gasteiger partial charge in [-0.05, 0) is 35.9 Å². The van der Waals surface area contributed by atoms with Crippen molar-refractivity contribution in [2.24, 2.45) is 0 Å². The van der Waals surface area contributed by atoms with Crippen LogP contribution < -0.4 is 4.74 Å². The quantitative estimate of drug-likeness (QED) is 0.128. The number of nitrogens with zero attached hydrogens (tertiary/aromatic N) is 5. The molecule has 6 nitrogen and oxygen atoms in total. The van der Waals surface area contributed by atoms with Gasteiger partial charge in [0.2, 0.25) is 0 Å². The van der Waals surface area contributed by atoms with E-state index in [-0.39, 0.29) is 21.1 Å². The van der Waals surface area contributed by atoms with Crippen LogP contribution in [0.15, 0.2) is 152 Å². The molecular formula is C43H25N5OPt. The molecule has 0 aliphatic carbocycles. The zero-order valence-electron chi connectivity index (χ0n) is 26.4. The second-order valence-electron chi connectivity index (χ2n) is 11.9. The Kier molecular flexibility index (Phi) is 7.26. The fourth-order valence-electron chi connectivity index (χ4n) is 6.96. The fraction of sp³-hybridized carbons (Fsp3) is 0. The zero-order chi connectivity index (χ0) is 32.3. The van der Waals surface area contributed by atoms with Crippen molar-refractivity contribution in [1.82, 2.24) is 23.9 Å². The van der Waals surface area contributed by atoms with E-state index in [1.165, 1.54) is 0 Å². The number of fused-ring (bicyclic) bond motifs is 9. The monoisotopic (exact) mass is 822 g/mol. The second kappa shape index (κ2) is 12.1. The van der Waals surface area contributed by atoms with E-state index in [1.807, 2.05) is 79.1 Å². The van der Waals surface area contributed by atoms with Gasteiger partial charge in [0.25, 0.3) is 0 Å². The maximum Gasteiger partial charge on any atom is 2.00 e. The molecule has 0 amide bonds. The molecule has 50 heavy (non-hydrogen) atoms. The van der Waals surface area contributed by atoms with Gasteiger partial charge in [0.1, 0.15) is 5.65 Å². The number of para-hydroxylation sites is 1. The van der Waals surface area contributed by atoms with Gasteiger partial charge >= 0.3 is 21.1 Å². The molecule has 0 unspecified atom stereocenters. The van der Waals surface area contributed by atoms with Crippen LogP contribution in [0.1, 0.15) is 0 Å². The molecule has 5 aromatic heterocycles. The first-order valence-corrected chi connectivity index (χ1v) is 16.1. The second-order valence-corrected chi connectivity index (χ2v) is 11.9. The van der Waals surface area contributed by atoms with E-state index in [0.29, 0.717) is 11.5 Å². The molecule has 0 saturated carbocycles. The van der Waals surface area contributed by atoms with E-state index in [0.717, 1.165) is 77.6 Å². The molecule has 0 aliphatic rings. The number of ether oxygens (including phenoxy) is 1. The van der Waals surface area contributed by atoms with Crippen molar-refractivity contribution < 1.29 is 25.8 Å². The molecule has 0 bridgehead atoms. The van der Waals surface area contributed by atoms with Crippen molar-refractivity contribution in [2.75, 3.05) is 0 Å². The summed E-state index contributed by atoms with van der Waals surface area (Å²) in [5, 5.41) is 4.01. The molecule has 0 atom stereocenters. The summed E-state index contributed by atoms with van der Waals surface area (Å²) >= 11 is 0. The average molecular weight is 823 g/mol. The molecule has 5 heterocycles. The van der Waals surface area contributed by atoms with Crippen molar-refractivity contribution in [3.63, 3.8) is 0 Å². The Morgan fingerprint density at radius 2 is 1.22 bits per heavy atom. The van der Waals surface area contributed by atoms with E-state index >= 15 is 0 Å². The first kappa shape index (κ1) is 30.0. The molecule has 238 valence electrons. The number of hydrogen-bond donors (Lipinski definition) is 0. The molecule has 10 rings (SSSR count). The average Bonchev–Trinajstić information content (AvgIpc) is 3.73. The van der Waals surface area contributed by atoms with Gasteiger partial charge in [-0.25, -0.2) is 4.98 Å². The van der Waals surface area contributed by atoms with Gasteiger partial charge in [-0.2, -0.15) is 6.07 Å². The van der Waals surface area contributed by atoms with Crippen molar-refractivity contribution >= 4 is 49.4 Å². The number of benzene rings is 5. The van der Waals surface area contributed by atoms with Gasteiger partial charge in [-0.3, -0.25) is 9.97 Å². The van der Waals surface area contributed by atoms with Gasteiger partial charge in [0.05, 0.1) is 33.6 Å². The van der Waals surface area contributed by atoms with E-state index in [9.17, 15) is 0 Å². The number of rotatable bonds is 5. The summed E-state index contributed by atoms with van der Waals surface area (Å²) in [6, 6.07) is 54.2. The van der Waals surface area contributed by atoms with Gasteiger partial charge in [-0.15, -0.1) is 24.3 Å². The summed E-state index contributed by atoms with van der Waals surface area (Å²) < 4.78 is 10.9. The minimum Gasteiger partial charge on any atom is -0.503 e. The standard InChI is InChI=1S/C43H25N5O.Pt/c1-3-12-28(13-4-1)39-41(29-14-5-2-6-15-29)48-38-21-11-24-44-40(38)34-23-22-32(27-36(34)43(48)46-39)49-31-17-9-16-30(26-31)47-37-20-8-7-18-33(37)35-19-10-25-45-42(35)47;/h1-25H;/q-2;+2. The van der Waals surface area contributed by atoms with Crippen LogP contribution in [-0.4, -0.2) is 23.9 Å². The maximum absolute atomic E-state index is 6.51. The molecule has 5 aromatic carbocycles. The fourth-order valence-corrected chi connectivity index (χ4v) is 6.96. The minimum atomic E-state index is 0. The normalized spacial score (nSPS) is 11.4. The van der Waals surface area contributed by atoms with Crippen LogP contribution >= 0.6 is 0 Å². The molecule has 0 radical (unpaired) electrons. The van der Waals surface area contributed by atoms with Crippen LogP contribution in [0.3, 0.4) is 0 Å². The Balaban J connectivity index is 0.00000336. The third-order valence-electron chi connectivity index (χ3n) is 9.04. The van der Waals surface area contributed by atoms with Crippen molar-refractivity contribution in [2.45, 2.75) is 0 Å². The largest absolute Gasteiger partial charge is 2.00 e. The SMILES string of the molecule is [Pt+2].[c-]1c(Oc2[c-]c3c(cc2)c2ncccc2n2c(-c4ccccc4)c(-c4ccccc4)nc32)cccc1-n1c2ccccc2c2cccnc21. The van der Waals surface area contributed by atoms with E-state index < -0.39 is 0 Å².